The van der Waals surface area contributed by atoms with Gasteiger partial charge in [0.15, 0.2) is 0 Å². The number of carbonyl (C=O) groups excluding carboxylic acids is 1. The first-order chi connectivity index (χ1) is 10.3. The molecule has 7 nitrogen and oxygen atoms in total. The van der Waals surface area contributed by atoms with Crippen molar-refractivity contribution in [2.45, 2.75) is 25.3 Å². The third kappa shape index (κ3) is 3.25. The number of aromatic nitrogens is 4. The van der Waals surface area contributed by atoms with Crippen LogP contribution in [0, 0.1) is 0 Å². The Bertz CT molecular complexity index is 592. The van der Waals surface area contributed by atoms with Crippen LogP contribution in [0.4, 0.5) is 0 Å². The van der Waals surface area contributed by atoms with Crippen LogP contribution in [-0.2, 0) is 6.54 Å². The fourth-order valence-corrected chi connectivity index (χ4v) is 2.12. The number of nitrogens with zero attached hydrogens (tertiary/aromatic N) is 4. The number of nitrogens with one attached hydrogen (secondary N) is 1. The van der Waals surface area contributed by atoms with Crippen molar-refractivity contribution < 1.29 is 9.90 Å². The molecule has 1 amide bonds. The van der Waals surface area contributed by atoms with E-state index in [1.54, 1.807) is 24.8 Å². The summed E-state index contributed by atoms with van der Waals surface area (Å²) >= 11 is 0. The normalized spacial score (nSPS) is 14.1. The van der Waals surface area contributed by atoms with Crippen molar-refractivity contribution in [3.8, 4) is 0 Å². The van der Waals surface area contributed by atoms with Crippen molar-refractivity contribution in [1.29, 1.82) is 0 Å². The fourth-order valence-electron chi connectivity index (χ4n) is 2.12. The summed E-state index contributed by atoms with van der Waals surface area (Å²) in [6, 6.07) is 0. The topological polar surface area (TPSA) is 95.0 Å². The van der Waals surface area contributed by atoms with Gasteiger partial charge in [0.05, 0.1) is 18.7 Å². The monoisotopic (exact) mass is 287 g/mol. The average Bonchev–Trinajstić information content (AvgIpc) is 3.24. The molecule has 0 spiro atoms. The number of aromatic amines is 1. The first-order valence-corrected chi connectivity index (χ1v) is 6.98. The average molecular weight is 287 g/mol. The molecule has 0 saturated heterocycles. The second-order valence-corrected chi connectivity index (χ2v) is 5.09. The number of aliphatic hydroxyl groups is 1. The highest BCUT2D eigenvalue weighted by Gasteiger charge is 2.27. The number of hydrogen-bond donors (Lipinski definition) is 2. The lowest BCUT2D eigenvalue weighted by molar-refractivity contribution is 0.0702. The second kappa shape index (κ2) is 6.01. The van der Waals surface area contributed by atoms with Gasteiger partial charge in [0.2, 0.25) is 0 Å². The van der Waals surface area contributed by atoms with Crippen LogP contribution in [0.5, 0.6) is 0 Å². The third-order valence-electron chi connectivity index (χ3n) is 3.41. The maximum absolute atomic E-state index is 12.5. The molecule has 0 aromatic carbocycles. The standard InChI is InChI=1S/C14H17N5O2/c20-6-5-19(9-12-15-3-4-16-12)14(21)11-7-17-13(18-8-11)10-1-2-10/h3-4,7-8,10,20H,1-2,5-6,9H2,(H,15,16). The van der Waals surface area contributed by atoms with Crippen LogP contribution in [0.25, 0.3) is 0 Å². The van der Waals surface area contributed by atoms with Gasteiger partial charge in [-0.05, 0) is 12.8 Å². The molecule has 0 unspecified atom stereocenters. The van der Waals surface area contributed by atoms with Crippen molar-refractivity contribution >= 4 is 5.91 Å². The molecule has 21 heavy (non-hydrogen) atoms. The molecular formula is C14H17N5O2. The molecular weight excluding hydrogens is 270 g/mol. The SMILES string of the molecule is O=C(c1cnc(C2CC2)nc1)N(CCO)Cc1ncc[nH]1. The van der Waals surface area contributed by atoms with E-state index in [1.807, 2.05) is 0 Å². The van der Waals surface area contributed by atoms with Crippen LogP contribution in [-0.4, -0.2) is 49.0 Å². The Morgan fingerprint density at radius 2 is 2.10 bits per heavy atom. The number of imidazole rings is 1. The molecule has 2 aromatic rings. The minimum atomic E-state index is -0.206. The summed E-state index contributed by atoms with van der Waals surface area (Å²) in [5, 5.41) is 9.13. The Hall–Kier alpha value is -2.28. The molecule has 1 fully saturated rings. The molecule has 1 aliphatic rings. The van der Waals surface area contributed by atoms with Gasteiger partial charge in [0, 0.05) is 37.3 Å². The lowest BCUT2D eigenvalue weighted by Crippen LogP contribution is -2.33. The van der Waals surface area contributed by atoms with E-state index < -0.39 is 0 Å². The molecule has 0 bridgehead atoms. The van der Waals surface area contributed by atoms with Gasteiger partial charge < -0.3 is 15.0 Å². The first-order valence-electron chi connectivity index (χ1n) is 6.98. The van der Waals surface area contributed by atoms with Crippen LogP contribution in [0.2, 0.25) is 0 Å². The number of carbonyl (C=O) groups is 1. The summed E-state index contributed by atoms with van der Waals surface area (Å²) in [6.07, 6.45) is 8.71. The van der Waals surface area contributed by atoms with Gasteiger partial charge in [-0.1, -0.05) is 0 Å². The molecule has 2 heterocycles. The Kier molecular flexibility index (Phi) is 3.92. The van der Waals surface area contributed by atoms with Gasteiger partial charge >= 0.3 is 0 Å². The molecule has 1 saturated carbocycles. The Balaban J connectivity index is 1.72. The third-order valence-corrected chi connectivity index (χ3v) is 3.41. The second-order valence-electron chi connectivity index (χ2n) is 5.09. The molecule has 0 aliphatic heterocycles. The van der Waals surface area contributed by atoms with E-state index in [-0.39, 0.29) is 19.1 Å². The number of aliphatic hydroxyl groups excluding tert-OH is 1. The van der Waals surface area contributed by atoms with Crippen LogP contribution >= 0.6 is 0 Å². The van der Waals surface area contributed by atoms with E-state index in [4.69, 9.17) is 5.11 Å². The minimum absolute atomic E-state index is 0.104. The highest BCUT2D eigenvalue weighted by molar-refractivity contribution is 5.93. The quantitative estimate of drug-likeness (QED) is 0.816. The van der Waals surface area contributed by atoms with E-state index in [0.29, 0.717) is 23.9 Å². The highest BCUT2D eigenvalue weighted by Crippen LogP contribution is 2.37. The first kappa shape index (κ1) is 13.7. The van der Waals surface area contributed by atoms with Crippen molar-refractivity contribution in [3.05, 3.63) is 42.0 Å². The van der Waals surface area contributed by atoms with E-state index in [9.17, 15) is 4.79 Å². The molecule has 1 aliphatic carbocycles. The number of amides is 1. The summed E-state index contributed by atoms with van der Waals surface area (Å²) in [7, 11) is 0. The van der Waals surface area contributed by atoms with Crippen molar-refractivity contribution in [1.82, 2.24) is 24.8 Å². The predicted molar refractivity (Wildman–Crippen MR) is 74.4 cm³/mol. The maximum atomic E-state index is 12.5. The molecule has 2 N–H and O–H groups in total. The van der Waals surface area contributed by atoms with Crippen molar-refractivity contribution in [2.75, 3.05) is 13.2 Å². The van der Waals surface area contributed by atoms with Gasteiger partial charge in [-0.15, -0.1) is 0 Å². The molecule has 0 atom stereocenters. The predicted octanol–water partition coefficient (Wildman–Crippen LogP) is 0.712. The Labute approximate surface area is 122 Å². The van der Waals surface area contributed by atoms with Gasteiger partial charge in [0.1, 0.15) is 11.6 Å². The highest BCUT2D eigenvalue weighted by atomic mass is 16.3. The number of hydrogen-bond acceptors (Lipinski definition) is 5. The van der Waals surface area contributed by atoms with Crippen molar-refractivity contribution in [3.63, 3.8) is 0 Å². The zero-order valence-electron chi connectivity index (χ0n) is 11.6. The summed E-state index contributed by atoms with van der Waals surface area (Å²) in [5.74, 6) is 1.74. The molecule has 0 radical (unpaired) electrons. The zero-order valence-corrected chi connectivity index (χ0v) is 11.6. The summed E-state index contributed by atoms with van der Waals surface area (Å²) in [4.78, 5) is 29.5. The summed E-state index contributed by atoms with van der Waals surface area (Å²) in [5.41, 5.74) is 0.430. The minimum Gasteiger partial charge on any atom is -0.395 e. The molecule has 2 aromatic heterocycles. The van der Waals surface area contributed by atoms with Crippen LogP contribution < -0.4 is 0 Å². The van der Waals surface area contributed by atoms with Gasteiger partial charge in [-0.2, -0.15) is 0 Å². The molecule has 110 valence electrons. The summed E-state index contributed by atoms with van der Waals surface area (Å²) in [6.45, 7) is 0.453. The Morgan fingerprint density at radius 3 is 2.67 bits per heavy atom. The van der Waals surface area contributed by atoms with Crippen molar-refractivity contribution in [2.24, 2.45) is 0 Å². The van der Waals surface area contributed by atoms with Crippen LogP contribution in [0.15, 0.2) is 24.8 Å². The van der Waals surface area contributed by atoms with E-state index in [1.165, 1.54) is 4.90 Å². The largest absolute Gasteiger partial charge is 0.395 e. The number of rotatable bonds is 6. The van der Waals surface area contributed by atoms with E-state index in [0.717, 1.165) is 18.7 Å². The maximum Gasteiger partial charge on any atom is 0.257 e. The lowest BCUT2D eigenvalue weighted by Gasteiger charge is -2.20. The van der Waals surface area contributed by atoms with Gasteiger partial charge in [0.25, 0.3) is 5.91 Å². The van der Waals surface area contributed by atoms with Crippen LogP contribution in [0.1, 0.15) is 40.8 Å². The van der Waals surface area contributed by atoms with E-state index in [2.05, 4.69) is 19.9 Å². The van der Waals surface area contributed by atoms with Gasteiger partial charge in [-0.25, -0.2) is 15.0 Å². The Morgan fingerprint density at radius 1 is 1.33 bits per heavy atom. The molecule has 3 rings (SSSR count). The summed E-state index contributed by atoms with van der Waals surface area (Å²) < 4.78 is 0. The smallest absolute Gasteiger partial charge is 0.257 e. The van der Waals surface area contributed by atoms with Crippen LogP contribution in [0.3, 0.4) is 0 Å². The van der Waals surface area contributed by atoms with E-state index >= 15 is 0 Å². The fraction of sp³-hybridized carbons (Fsp3) is 0.429. The zero-order chi connectivity index (χ0) is 14.7. The molecule has 7 heteroatoms. The lowest BCUT2D eigenvalue weighted by atomic mass is 10.2. The van der Waals surface area contributed by atoms with Gasteiger partial charge in [-0.3, -0.25) is 4.79 Å². The number of H-pyrrole nitrogens is 1.